The molecule has 9 nitrogen and oxygen atoms in total. The number of halogens is 1. The third-order valence-electron chi connectivity index (χ3n) is 8.19. The van der Waals surface area contributed by atoms with E-state index in [9.17, 15) is 9.59 Å². The van der Waals surface area contributed by atoms with E-state index in [0.717, 1.165) is 22.4 Å². The summed E-state index contributed by atoms with van der Waals surface area (Å²) >= 11 is 7.02. The van der Waals surface area contributed by atoms with Gasteiger partial charge in [-0.25, -0.2) is 14.6 Å². The molecule has 0 radical (unpaired) electrons. The van der Waals surface area contributed by atoms with Gasteiger partial charge in [-0.2, -0.15) is 0 Å². The molecule has 0 atom stereocenters. The van der Waals surface area contributed by atoms with E-state index in [4.69, 9.17) is 32.9 Å². The average Bonchev–Trinajstić information content (AvgIpc) is 2.99. The highest BCUT2D eigenvalue weighted by Gasteiger charge is 2.31. The van der Waals surface area contributed by atoms with Crippen LogP contribution in [-0.2, 0) is 4.74 Å². The van der Waals surface area contributed by atoms with E-state index in [1.165, 1.54) is 0 Å². The molecule has 46 heavy (non-hydrogen) atoms. The van der Waals surface area contributed by atoms with Gasteiger partial charge in [0.1, 0.15) is 11.2 Å². The number of aromatic nitrogens is 3. The summed E-state index contributed by atoms with van der Waals surface area (Å²) < 4.78 is 7.17. The number of fused-ring (bicyclic) bond motifs is 1. The number of amides is 1. The molecule has 0 N–H and O–H groups in total. The molecule has 0 bridgehead atoms. The summed E-state index contributed by atoms with van der Waals surface area (Å²) in [5.74, 6) is 0.0633. The van der Waals surface area contributed by atoms with Crippen LogP contribution in [0.4, 0.5) is 16.2 Å². The monoisotopic (exact) mass is 640 g/mol. The van der Waals surface area contributed by atoms with Gasteiger partial charge in [-0.15, -0.1) is 0 Å². The fourth-order valence-corrected chi connectivity index (χ4v) is 6.22. The molecule has 1 aromatic carbocycles. The lowest BCUT2D eigenvalue weighted by atomic mass is 9.96. The van der Waals surface area contributed by atoms with Gasteiger partial charge in [0.05, 0.1) is 34.4 Å². The van der Waals surface area contributed by atoms with Crippen molar-refractivity contribution in [3.63, 3.8) is 0 Å². The Morgan fingerprint density at radius 3 is 2.28 bits per heavy atom. The molecule has 240 valence electrons. The Hall–Kier alpha value is -4.42. The minimum absolute atomic E-state index is 0.00390. The Kier molecular flexibility index (Phi) is 9.14. The molecule has 1 saturated heterocycles. The minimum Gasteiger partial charge on any atom is -0.444 e. The Bertz CT molecular complexity index is 1880. The Morgan fingerprint density at radius 2 is 1.70 bits per heavy atom. The van der Waals surface area contributed by atoms with E-state index in [1.54, 1.807) is 15.7 Å². The maximum atomic E-state index is 14.7. The third kappa shape index (κ3) is 6.19. The zero-order valence-electron chi connectivity index (χ0n) is 27.8. The van der Waals surface area contributed by atoms with Crippen LogP contribution < -0.4 is 10.5 Å². The van der Waals surface area contributed by atoms with Crippen LogP contribution >= 0.6 is 11.6 Å². The number of ether oxygens (including phenoxy) is 1. The predicted molar refractivity (Wildman–Crippen MR) is 185 cm³/mol. The highest BCUT2D eigenvalue weighted by Crippen LogP contribution is 2.41. The molecule has 1 amide bonds. The minimum atomic E-state index is -0.612. The maximum Gasteiger partial charge on any atom is 0.410 e. The summed E-state index contributed by atoms with van der Waals surface area (Å²) in [5.41, 5.74) is 4.52. The molecule has 3 aromatic heterocycles. The van der Waals surface area contributed by atoms with Gasteiger partial charge in [-0.3, -0.25) is 14.3 Å². The first-order valence-electron chi connectivity index (χ1n) is 15.7. The van der Waals surface area contributed by atoms with Gasteiger partial charge in [0, 0.05) is 43.3 Å². The van der Waals surface area contributed by atoms with Crippen LogP contribution in [-0.4, -0.2) is 57.3 Å². The number of rotatable bonds is 5. The molecule has 4 aromatic rings. The van der Waals surface area contributed by atoms with Crippen LogP contribution in [0, 0.1) is 13.5 Å². The normalized spacial score (nSPS) is 13.9. The van der Waals surface area contributed by atoms with E-state index in [1.807, 2.05) is 82.8 Å². The first-order chi connectivity index (χ1) is 21.7. The molecule has 4 heterocycles. The van der Waals surface area contributed by atoms with Crippen LogP contribution in [0.15, 0.2) is 47.4 Å². The molecule has 1 fully saturated rings. The Morgan fingerprint density at radius 1 is 1.02 bits per heavy atom. The highest BCUT2D eigenvalue weighted by molar-refractivity contribution is 6.34. The summed E-state index contributed by atoms with van der Waals surface area (Å²) in [6, 6.07) is 11.6. The standard InChI is InChI=1S/C36H41ClN6O3/c1-21(2)24-14-15-39-28(22(3)4)32(24)43-33-26(20-27(37)29(40-33)25-13-11-10-12-23(25)5)31(30(38-9)34(43)44)41-16-18-42(19-17-41)35(45)46-36(6,7)8/h10-15,20-22H,16-19H2,1-8H3. The zero-order chi connectivity index (χ0) is 33.5. The first-order valence-corrected chi connectivity index (χ1v) is 16.1. The van der Waals surface area contributed by atoms with Gasteiger partial charge in [-0.05, 0) is 62.8 Å². The number of piperazine rings is 1. The van der Waals surface area contributed by atoms with Gasteiger partial charge >= 0.3 is 6.09 Å². The second kappa shape index (κ2) is 12.8. The third-order valence-corrected chi connectivity index (χ3v) is 8.48. The van der Waals surface area contributed by atoms with Crippen molar-refractivity contribution in [1.82, 2.24) is 19.4 Å². The van der Waals surface area contributed by atoms with Crippen molar-refractivity contribution >= 4 is 40.1 Å². The molecule has 0 saturated carbocycles. The Balaban J connectivity index is 1.81. The summed E-state index contributed by atoms with van der Waals surface area (Å²) in [5, 5.41) is 1.00. The van der Waals surface area contributed by atoms with Crippen LogP contribution in [0.3, 0.4) is 0 Å². The van der Waals surface area contributed by atoms with E-state index in [2.05, 4.69) is 18.7 Å². The van der Waals surface area contributed by atoms with E-state index >= 15 is 0 Å². The lowest BCUT2D eigenvalue weighted by molar-refractivity contribution is 0.0241. The van der Waals surface area contributed by atoms with Crippen LogP contribution in [0.5, 0.6) is 0 Å². The van der Waals surface area contributed by atoms with E-state index < -0.39 is 11.2 Å². The summed E-state index contributed by atoms with van der Waals surface area (Å²) in [4.78, 5) is 44.9. The summed E-state index contributed by atoms with van der Waals surface area (Å²) in [7, 11) is 0. The van der Waals surface area contributed by atoms with Crippen molar-refractivity contribution in [3.8, 4) is 16.9 Å². The molecular formula is C36H41ClN6O3. The maximum absolute atomic E-state index is 14.7. The number of pyridine rings is 3. The van der Waals surface area contributed by atoms with Gasteiger partial charge < -0.3 is 14.5 Å². The van der Waals surface area contributed by atoms with Crippen molar-refractivity contribution in [1.29, 1.82) is 0 Å². The molecule has 1 aliphatic heterocycles. The van der Waals surface area contributed by atoms with Gasteiger partial charge in [0.15, 0.2) is 0 Å². The Labute approximate surface area is 275 Å². The first kappa shape index (κ1) is 33.0. The molecule has 0 unspecified atom stereocenters. The van der Waals surface area contributed by atoms with Crippen LogP contribution in [0.1, 0.15) is 77.1 Å². The van der Waals surface area contributed by atoms with E-state index in [0.29, 0.717) is 59.3 Å². The molecule has 5 rings (SSSR count). The lowest BCUT2D eigenvalue weighted by Gasteiger charge is -2.37. The lowest BCUT2D eigenvalue weighted by Crippen LogP contribution is -2.50. The number of benzene rings is 1. The van der Waals surface area contributed by atoms with Gasteiger partial charge in [0.25, 0.3) is 11.2 Å². The van der Waals surface area contributed by atoms with Crippen molar-refractivity contribution in [2.24, 2.45) is 0 Å². The number of carbonyl (C=O) groups excluding carboxylic acids is 1. The van der Waals surface area contributed by atoms with Gasteiger partial charge in [-0.1, -0.05) is 63.6 Å². The van der Waals surface area contributed by atoms with Gasteiger partial charge in [0.2, 0.25) is 0 Å². The van der Waals surface area contributed by atoms with Crippen LogP contribution in [0.25, 0.3) is 32.8 Å². The molecule has 1 aliphatic rings. The average molecular weight is 641 g/mol. The SMILES string of the molecule is [C-]#[N+]c1c(N2CCN(C(=O)OC(C)(C)C)CC2)c2cc(Cl)c(-c3ccccc3C)nc2n(-c2c(C(C)C)ccnc2C(C)C)c1=O. The highest BCUT2D eigenvalue weighted by atomic mass is 35.5. The van der Waals surface area contributed by atoms with Crippen molar-refractivity contribution in [3.05, 3.63) is 86.2 Å². The smallest absolute Gasteiger partial charge is 0.410 e. The molecule has 10 heteroatoms. The number of aryl methyl sites for hydroxylation is 1. The van der Waals surface area contributed by atoms with Crippen molar-refractivity contribution in [2.75, 3.05) is 31.1 Å². The second-order valence-electron chi connectivity index (χ2n) is 13.4. The number of anilines is 1. The zero-order valence-corrected chi connectivity index (χ0v) is 28.6. The van der Waals surface area contributed by atoms with Crippen molar-refractivity contribution in [2.45, 2.75) is 72.8 Å². The molecule has 0 spiro atoms. The summed E-state index contributed by atoms with van der Waals surface area (Å²) in [6.45, 7) is 25.5. The van der Waals surface area contributed by atoms with Crippen molar-refractivity contribution < 1.29 is 9.53 Å². The quantitative estimate of drug-likeness (QED) is 0.204. The number of nitrogens with zero attached hydrogens (tertiary/aromatic N) is 6. The number of hydrogen-bond donors (Lipinski definition) is 0. The topological polar surface area (TPSA) is 84.9 Å². The largest absolute Gasteiger partial charge is 0.444 e. The van der Waals surface area contributed by atoms with Crippen LogP contribution in [0.2, 0.25) is 5.02 Å². The fourth-order valence-electron chi connectivity index (χ4n) is 5.97. The molecular weight excluding hydrogens is 600 g/mol. The second-order valence-corrected chi connectivity index (χ2v) is 13.8. The predicted octanol–water partition coefficient (Wildman–Crippen LogP) is 8.26. The number of carbonyl (C=O) groups is 1. The van der Waals surface area contributed by atoms with E-state index in [-0.39, 0.29) is 23.6 Å². The summed E-state index contributed by atoms with van der Waals surface area (Å²) in [6.07, 6.45) is 1.39. The fraction of sp³-hybridized carbons (Fsp3) is 0.417. The number of hydrogen-bond acceptors (Lipinski definition) is 6. The molecule has 0 aliphatic carbocycles.